The second kappa shape index (κ2) is 4.04. The van der Waals surface area contributed by atoms with Gasteiger partial charge in [0.25, 0.3) is 0 Å². The highest BCUT2D eigenvalue weighted by Crippen LogP contribution is 2.41. The van der Waals surface area contributed by atoms with Gasteiger partial charge in [0.2, 0.25) is 0 Å². The molecule has 2 bridgehead atoms. The molecule has 0 aromatic heterocycles. The molecule has 2 fully saturated rings. The number of fused-ring (bicyclic) bond motifs is 2. The first-order valence-corrected chi connectivity index (χ1v) is 6.82. The van der Waals surface area contributed by atoms with Crippen LogP contribution < -0.4 is 10.6 Å². The van der Waals surface area contributed by atoms with E-state index in [1.807, 2.05) is 0 Å². The van der Waals surface area contributed by atoms with Gasteiger partial charge in [-0.3, -0.25) is 0 Å². The summed E-state index contributed by atoms with van der Waals surface area (Å²) >= 11 is 3.51. The monoisotopic (exact) mass is 280 g/mol. The molecule has 0 radical (unpaired) electrons. The molecule has 0 spiro atoms. The lowest BCUT2D eigenvalue weighted by Gasteiger charge is -2.31. The summed E-state index contributed by atoms with van der Waals surface area (Å²) in [6, 6.07) is 7.27. The Morgan fingerprint density at radius 2 is 2.25 bits per heavy atom. The van der Waals surface area contributed by atoms with Crippen molar-refractivity contribution in [2.45, 2.75) is 31.8 Å². The topological polar surface area (TPSA) is 29.3 Å². The summed E-state index contributed by atoms with van der Waals surface area (Å²) < 4.78 is 1.13. The first kappa shape index (κ1) is 10.6. The molecule has 2 N–H and O–H groups in total. The molecular weight excluding hydrogens is 264 g/mol. The lowest BCUT2D eigenvalue weighted by molar-refractivity contribution is 0.552. The third-order valence-corrected chi connectivity index (χ3v) is 4.47. The second-order valence-corrected chi connectivity index (χ2v) is 5.88. The van der Waals surface area contributed by atoms with E-state index in [-0.39, 0.29) is 0 Å². The van der Waals surface area contributed by atoms with E-state index in [9.17, 15) is 0 Å². The maximum absolute atomic E-state index is 5.84. The van der Waals surface area contributed by atoms with E-state index >= 15 is 0 Å². The summed E-state index contributed by atoms with van der Waals surface area (Å²) in [6.07, 6.45) is 4.18. The van der Waals surface area contributed by atoms with Gasteiger partial charge in [0, 0.05) is 29.3 Å². The normalized spacial score (nSPS) is 27.8. The van der Waals surface area contributed by atoms with Gasteiger partial charge in [0.1, 0.15) is 0 Å². The fraction of sp³-hybridized carbons (Fsp3) is 0.538. The number of halogens is 1. The highest BCUT2D eigenvalue weighted by atomic mass is 79.9. The summed E-state index contributed by atoms with van der Waals surface area (Å²) in [5.74, 6) is 0.930. The largest absolute Gasteiger partial charge is 0.368 e. The van der Waals surface area contributed by atoms with E-state index in [4.69, 9.17) is 5.73 Å². The average Bonchev–Trinajstić information content (AvgIpc) is 2.90. The zero-order valence-electron chi connectivity index (χ0n) is 9.32. The van der Waals surface area contributed by atoms with Crippen molar-refractivity contribution in [3.05, 3.63) is 28.2 Å². The van der Waals surface area contributed by atoms with Crippen LogP contribution in [-0.4, -0.2) is 12.6 Å². The number of piperidine rings is 1. The number of nitrogens with zero attached hydrogens (tertiary/aromatic N) is 1. The van der Waals surface area contributed by atoms with E-state index in [2.05, 4.69) is 39.0 Å². The standard InChI is InChI=1S/C13H17BrN2/c14-11-2-4-13(10(6-11)7-15)16-8-9-1-3-12(16)5-9/h2,4,6,9,12H,1,3,5,7-8,15H2. The number of benzene rings is 1. The molecule has 1 aliphatic heterocycles. The minimum Gasteiger partial charge on any atom is -0.368 e. The number of rotatable bonds is 2. The molecule has 3 rings (SSSR count). The molecule has 1 saturated carbocycles. The van der Waals surface area contributed by atoms with Gasteiger partial charge in [-0.2, -0.15) is 0 Å². The number of hydrogen-bond acceptors (Lipinski definition) is 2. The van der Waals surface area contributed by atoms with E-state index in [0.29, 0.717) is 6.54 Å². The SMILES string of the molecule is NCc1cc(Br)ccc1N1CC2CCC1C2. The highest BCUT2D eigenvalue weighted by Gasteiger charge is 2.38. The van der Waals surface area contributed by atoms with Gasteiger partial charge in [0.05, 0.1) is 0 Å². The van der Waals surface area contributed by atoms with Crippen LogP contribution in [0.15, 0.2) is 22.7 Å². The van der Waals surface area contributed by atoms with Crippen molar-refractivity contribution < 1.29 is 0 Å². The summed E-state index contributed by atoms with van der Waals surface area (Å²) in [7, 11) is 0. The second-order valence-electron chi connectivity index (χ2n) is 4.96. The Balaban J connectivity index is 1.94. The van der Waals surface area contributed by atoms with Gasteiger partial charge in [-0.05, 0) is 48.9 Å². The van der Waals surface area contributed by atoms with Gasteiger partial charge >= 0.3 is 0 Å². The zero-order valence-corrected chi connectivity index (χ0v) is 10.9. The van der Waals surface area contributed by atoms with Crippen LogP contribution in [0.5, 0.6) is 0 Å². The summed E-state index contributed by atoms with van der Waals surface area (Å²) in [5.41, 5.74) is 8.46. The van der Waals surface area contributed by atoms with E-state index in [1.54, 1.807) is 0 Å². The van der Waals surface area contributed by atoms with Crippen molar-refractivity contribution in [1.29, 1.82) is 0 Å². The van der Waals surface area contributed by atoms with Crippen LogP contribution in [0.4, 0.5) is 5.69 Å². The van der Waals surface area contributed by atoms with Gasteiger partial charge in [0.15, 0.2) is 0 Å². The molecule has 1 saturated heterocycles. The number of hydrogen-bond donors (Lipinski definition) is 1. The smallest absolute Gasteiger partial charge is 0.0415 e. The predicted molar refractivity (Wildman–Crippen MR) is 70.5 cm³/mol. The Hall–Kier alpha value is -0.540. The van der Waals surface area contributed by atoms with Crippen LogP contribution >= 0.6 is 15.9 Å². The number of nitrogens with two attached hydrogens (primary N) is 1. The molecule has 0 amide bonds. The van der Waals surface area contributed by atoms with Gasteiger partial charge in [-0.15, -0.1) is 0 Å². The van der Waals surface area contributed by atoms with Crippen LogP contribution in [-0.2, 0) is 6.54 Å². The molecule has 1 aromatic rings. The molecule has 2 aliphatic rings. The van der Waals surface area contributed by atoms with Crippen molar-refractivity contribution in [1.82, 2.24) is 0 Å². The molecule has 86 valence electrons. The molecule has 2 atom stereocenters. The van der Waals surface area contributed by atoms with Crippen molar-refractivity contribution in [3.8, 4) is 0 Å². The Bertz CT molecular complexity index is 405. The Kier molecular flexibility index (Phi) is 2.68. The van der Waals surface area contributed by atoms with Crippen molar-refractivity contribution >= 4 is 21.6 Å². The van der Waals surface area contributed by atoms with E-state index < -0.39 is 0 Å². The van der Waals surface area contributed by atoms with Crippen LogP contribution in [0, 0.1) is 5.92 Å². The summed E-state index contributed by atoms with van der Waals surface area (Å²) in [5, 5.41) is 0. The molecule has 2 unspecified atom stereocenters. The molecule has 3 heteroatoms. The van der Waals surface area contributed by atoms with E-state index in [1.165, 1.54) is 37.1 Å². The van der Waals surface area contributed by atoms with Crippen molar-refractivity contribution in [3.63, 3.8) is 0 Å². The van der Waals surface area contributed by atoms with Gasteiger partial charge < -0.3 is 10.6 Å². The fourth-order valence-electron chi connectivity index (χ4n) is 3.22. The van der Waals surface area contributed by atoms with Crippen molar-refractivity contribution in [2.75, 3.05) is 11.4 Å². The van der Waals surface area contributed by atoms with Crippen LogP contribution in [0.1, 0.15) is 24.8 Å². The molecule has 16 heavy (non-hydrogen) atoms. The van der Waals surface area contributed by atoms with Gasteiger partial charge in [-0.25, -0.2) is 0 Å². The third-order valence-electron chi connectivity index (χ3n) is 3.98. The maximum atomic E-state index is 5.84. The Morgan fingerprint density at radius 3 is 2.88 bits per heavy atom. The molecule has 1 aliphatic carbocycles. The summed E-state index contributed by atoms with van der Waals surface area (Å²) in [6.45, 7) is 1.86. The summed E-state index contributed by atoms with van der Waals surface area (Å²) in [4.78, 5) is 2.57. The average molecular weight is 281 g/mol. The maximum Gasteiger partial charge on any atom is 0.0415 e. The first-order valence-electron chi connectivity index (χ1n) is 6.03. The van der Waals surface area contributed by atoms with E-state index in [0.717, 1.165) is 16.4 Å². The molecule has 2 nitrogen and oxygen atoms in total. The Morgan fingerprint density at radius 1 is 1.38 bits per heavy atom. The van der Waals surface area contributed by atoms with Crippen LogP contribution in [0.25, 0.3) is 0 Å². The molecule has 1 heterocycles. The lowest BCUT2D eigenvalue weighted by Crippen LogP contribution is -2.32. The molecule has 1 aromatic carbocycles. The van der Waals surface area contributed by atoms with Crippen molar-refractivity contribution in [2.24, 2.45) is 11.7 Å². The lowest BCUT2D eigenvalue weighted by atomic mass is 10.1. The van der Waals surface area contributed by atoms with Crippen LogP contribution in [0.3, 0.4) is 0 Å². The highest BCUT2D eigenvalue weighted by molar-refractivity contribution is 9.10. The van der Waals surface area contributed by atoms with Crippen LogP contribution in [0.2, 0.25) is 0 Å². The predicted octanol–water partition coefficient (Wildman–Crippen LogP) is 2.90. The fourth-order valence-corrected chi connectivity index (χ4v) is 3.63. The Labute approximate surface area is 105 Å². The third kappa shape index (κ3) is 1.66. The first-order chi connectivity index (χ1) is 7.78. The van der Waals surface area contributed by atoms with Gasteiger partial charge in [-0.1, -0.05) is 15.9 Å². The zero-order chi connectivity index (χ0) is 11.1. The minimum absolute atomic E-state index is 0.628. The quantitative estimate of drug-likeness (QED) is 0.903. The number of anilines is 1. The molecular formula is C13H17BrN2. The minimum atomic E-state index is 0.628.